The largest absolute Gasteiger partial charge is 0.462 e. The van der Waals surface area contributed by atoms with E-state index in [-0.39, 0.29) is 51.0 Å². The second-order valence-corrected chi connectivity index (χ2v) is 17.8. The molecule has 0 saturated carbocycles. The Labute approximate surface area is 359 Å². The fourth-order valence-corrected chi connectivity index (χ4v) is 7.39. The maximum absolute atomic E-state index is 13.7. The van der Waals surface area contributed by atoms with E-state index in [1.165, 1.54) is 12.2 Å². The highest BCUT2D eigenvalue weighted by molar-refractivity contribution is 5.95. The van der Waals surface area contributed by atoms with Gasteiger partial charge in [-0.25, -0.2) is 14.4 Å². The molecule has 0 spiro atoms. The first kappa shape index (κ1) is 49.1. The minimum absolute atomic E-state index is 0.0102. The van der Waals surface area contributed by atoms with Gasteiger partial charge in [-0.3, -0.25) is 14.4 Å². The number of aliphatic hydroxyl groups excluding tert-OH is 1. The van der Waals surface area contributed by atoms with Crippen LogP contribution in [0.2, 0.25) is 0 Å². The lowest BCUT2D eigenvalue weighted by Gasteiger charge is -2.31. The normalized spacial score (nSPS) is 22.1. The lowest BCUT2D eigenvalue weighted by molar-refractivity contribution is -0.190. The molecule has 1 aliphatic carbocycles. The van der Waals surface area contributed by atoms with Crippen LogP contribution in [-0.4, -0.2) is 102 Å². The summed E-state index contributed by atoms with van der Waals surface area (Å²) in [7, 11) is 0. The molecular weight excluding hydrogens is 789 g/mol. The van der Waals surface area contributed by atoms with Crippen LogP contribution in [0.4, 0.5) is 0 Å². The van der Waals surface area contributed by atoms with Crippen LogP contribution < -0.4 is 10.6 Å². The van der Waals surface area contributed by atoms with Crippen molar-refractivity contribution >= 4 is 41.8 Å². The Balaban J connectivity index is 1.42. The molecule has 2 amide bonds. The predicted molar refractivity (Wildman–Crippen MR) is 224 cm³/mol. The number of aliphatic hydroxyl groups is 1. The van der Waals surface area contributed by atoms with E-state index in [9.17, 15) is 33.9 Å². The standard InChI is InChI=1S/C46H66N2O13/c1-8-10-12-23-46(24-13-11-9-2)59-35-27-32(41(53)47-25-22-36(50)48-33(28-49)19-21-38(52)60-44(3,4)5)26-34(39(35)61-46)57-42(54)31-17-14-30(15-18-31)16-20-37(51)58-40-43(55)56-29-45(40,6)7/h14-18,20,27,33-35,39-40,49H,8-13,19,21-26,28-29H2,1-7H3,(H,47,53)(H,48,50). The fraction of sp³-hybridized carbons (Fsp3) is 0.652. The summed E-state index contributed by atoms with van der Waals surface area (Å²) < 4.78 is 35.2. The number of ether oxygens (including phenoxy) is 6. The van der Waals surface area contributed by atoms with Gasteiger partial charge in [-0.2, -0.15) is 0 Å². The Morgan fingerprint density at radius 1 is 0.951 bits per heavy atom. The van der Waals surface area contributed by atoms with Crippen molar-refractivity contribution in [2.75, 3.05) is 19.8 Å². The summed E-state index contributed by atoms with van der Waals surface area (Å²) >= 11 is 0. The molecule has 15 nitrogen and oxygen atoms in total. The van der Waals surface area contributed by atoms with Gasteiger partial charge >= 0.3 is 23.9 Å². The zero-order chi connectivity index (χ0) is 44.8. The Hall–Kier alpha value is -4.60. The lowest BCUT2D eigenvalue weighted by Crippen LogP contribution is -2.44. The van der Waals surface area contributed by atoms with E-state index in [0.29, 0.717) is 24.0 Å². The topological polar surface area (TPSA) is 202 Å². The highest BCUT2D eigenvalue weighted by atomic mass is 16.8. The molecular formula is C46H66N2O13. The second kappa shape index (κ2) is 22.5. The second-order valence-electron chi connectivity index (χ2n) is 17.8. The van der Waals surface area contributed by atoms with E-state index in [0.717, 1.165) is 38.5 Å². The first-order valence-electron chi connectivity index (χ1n) is 21.7. The van der Waals surface area contributed by atoms with E-state index in [1.807, 2.05) is 0 Å². The third kappa shape index (κ3) is 15.1. The van der Waals surface area contributed by atoms with Crippen LogP contribution in [-0.2, 0) is 52.4 Å². The molecule has 3 N–H and O–H groups in total. The van der Waals surface area contributed by atoms with Gasteiger partial charge in [-0.1, -0.05) is 65.5 Å². The van der Waals surface area contributed by atoms with Gasteiger partial charge in [-0.05, 0) is 69.9 Å². The number of carbonyl (C=O) groups is 6. The van der Waals surface area contributed by atoms with E-state index in [2.05, 4.69) is 24.5 Å². The molecule has 1 aromatic carbocycles. The minimum Gasteiger partial charge on any atom is -0.462 e. The van der Waals surface area contributed by atoms with Crippen LogP contribution in [0.1, 0.15) is 141 Å². The number of amides is 2. The first-order valence-corrected chi connectivity index (χ1v) is 21.7. The SMILES string of the molecule is CCCCCC1(CCCCC)OC2C=C(C(=O)NCCC(=O)NC(CO)CCC(=O)OC(C)(C)C)CC(OC(=O)c3ccc(C=CC(=O)OC4C(=O)OCC4(C)C)cc3)C2O1. The minimum atomic E-state index is -1.00. The number of cyclic esters (lactones) is 1. The quantitative estimate of drug-likeness (QED) is 0.0548. The van der Waals surface area contributed by atoms with E-state index in [1.54, 1.807) is 65.0 Å². The summed E-state index contributed by atoms with van der Waals surface area (Å²) in [5.41, 5.74) is -0.123. The van der Waals surface area contributed by atoms with Crippen molar-refractivity contribution in [1.29, 1.82) is 0 Å². The highest BCUT2D eigenvalue weighted by Crippen LogP contribution is 2.43. The number of rotatable bonds is 22. The Bertz CT molecular complexity index is 1740. The summed E-state index contributed by atoms with van der Waals surface area (Å²) in [6.45, 7) is 12.9. The van der Waals surface area contributed by atoms with E-state index < -0.39 is 83.0 Å². The molecule has 2 heterocycles. The monoisotopic (exact) mass is 854 g/mol. The number of esters is 4. The molecule has 1 aromatic rings. The number of unbranched alkanes of at least 4 members (excludes halogenated alkanes) is 4. The zero-order valence-corrected chi connectivity index (χ0v) is 36.9. The number of benzene rings is 1. The lowest BCUT2D eigenvalue weighted by atomic mass is 9.90. The van der Waals surface area contributed by atoms with Gasteiger partial charge in [0.25, 0.3) is 0 Å². The molecule has 0 aromatic heterocycles. The predicted octanol–water partition coefficient (Wildman–Crippen LogP) is 5.80. The number of fused-ring (bicyclic) bond motifs is 1. The average molecular weight is 855 g/mol. The van der Waals surface area contributed by atoms with Crippen molar-refractivity contribution in [3.63, 3.8) is 0 Å². The molecule has 4 rings (SSSR count). The Morgan fingerprint density at radius 2 is 1.62 bits per heavy atom. The molecule has 15 heteroatoms. The van der Waals surface area contributed by atoms with E-state index in [4.69, 9.17) is 28.4 Å². The van der Waals surface area contributed by atoms with Gasteiger partial charge in [0.1, 0.15) is 30.5 Å². The van der Waals surface area contributed by atoms with Crippen molar-refractivity contribution in [1.82, 2.24) is 10.6 Å². The van der Waals surface area contributed by atoms with Crippen molar-refractivity contribution in [2.24, 2.45) is 5.41 Å². The molecule has 3 aliphatic rings. The van der Waals surface area contributed by atoms with Gasteiger partial charge < -0.3 is 44.2 Å². The van der Waals surface area contributed by atoms with Gasteiger partial charge in [-0.15, -0.1) is 0 Å². The number of carbonyl (C=O) groups excluding carboxylic acids is 6. The van der Waals surface area contributed by atoms with E-state index >= 15 is 0 Å². The van der Waals surface area contributed by atoms with Crippen LogP contribution in [0.15, 0.2) is 42.0 Å². The number of nitrogens with one attached hydrogen (secondary N) is 2. The summed E-state index contributed by atoms with van der Waals surface area (Å²) in [5, 5.41) is 15.3. The van der Waals surface area contributed by atoms with Gasteiger partial charge in [0.05, 0.1) is 18.2 Å². The van der Waals surface area contributed by atoms with Crippen molar-refractivity contribution < 1.29 is 62.3 Å². The summed E-state index contributed by atoms with van der Waals surface area (Å²) in [4.78, 5) is 76.6. The smallest absolute Gasteiger partial charge is 0.348 e. The molecule has 5 unspecified atom stereocenters. The van der Waals surface area contributed by atoms with Crippen molar-refractivity contribution in [3.8, 4) is 0 Å². The molecule has 2 fully saturated rings. The molecule has 0 bridgehead atoms. The third-order valence-electron chi connectivity index (χ3n) is 10.7. The molecule has 5 atom stereocenters. The zero-order valence-electron chi connectivity index (χ0n) is 36.9. The number of hydrogen-bond acceptors (Lipinski definition) is 13. The van der Waals surface area contributed by atoms with Crippen molar-refractivity contribution in [3.05, 3.63) is 53.1 Å². The highest BCUT2D eigenvalue weighted by Gasteiger charge is 2.52. The third-order valence-corrected chi connectivity index (χ3v) is 10.7. The summed E-state index contributed by atoms with van der Waals surface area (Å²) in [6, 6.07) is 5.73. The van der Waals surface area contributed by atoms with Crippen LogP contribution >= 0.6 is 0 Å². The summed E-state index contributed by atoms with van der Waals surface area (Å²) in [6.07, 6.45) is 8.49. The summed E-state index contributed by atoms with van der Waals surface area (Å²) in [5.74, 6) is -4.12. The first-order chi connectivity index (χ1) is 28.9. The van der Waals surface area contributed by atoms with Crippen LogP contribution in [0.25, 0.3) is 6.08 Å². The molecule has 2 aliphatic heterocycles. The van der Waals surface area contributed by atoms with Gasteiger partial charge in [0.2, 0.25) is 17.9 Å². The fourth-order valence-electron chi connectivity index (χ4n) is 7.39. The maximum atomic E-state index is 13.7. The van der Waals surface area contributed by atoms with Crippen molar-refractivity contribution in [2.45, 2.75) is 167 Å². The Kier molecular flexibility index (Phi) is 18.1. The van der Waals surface area contributed by atoms with Crippen LogP contribution in [0, 0.1) is 5.41 Å². The van der Waals surface area contributed by atoms with Crippen LogP contribution in [0.5, 0.6) is 0 Å². The molecule has 61 heavy (non-hydrogen) atoms. The average Bonchev–Trinajstić information content (AvgIpc) is 3.70. The molecule has 338 valence electrons. The van der Waals surface area contributed by atoms with Gasteiger partial charge in [0, 0.05) is 55.7 Å². The Morgan fingerprint density at radius 3 is 2.21 bits per heavy atom. The van der Waals surface area contributed by atoms with Crippen LogP contribution in [0.3, 0.4) is 0 Å². The maximum Gasteiger partial charge on any atom is 0.348 e. The van der Waals surface area contributed by atoms with Gasteiger partial charge in [0.15, 0.2) is 5.79 Å². The molecule has 0 radical (unpaired) electrons. The number of hydrogen-bond donors (Lipinski definition) is 3. The molecule has 2 saturated heterocycles.